The number of rotatable bonds is 3. The first-order valence-corrected chi connectivity index (χ1v) is 4.13. The molecule has 1 saturated carbocycles. The van der Waals surface area contributed by atoms with E-state index in [1.165, 1.54) is 12.0 Å². The molecule has 0 saturated heterocycles. The third-order valence-electron chi connectivity index (χ3n) is 2.13. The SMILES string of the molecule is COC(=O)CN(C)C(=O)C1CC1N. The Balaban J connectivity index is 2.34. The third kappa shape index (κ3) is 2.42. The van der Waals surface area contributed by atoms with Crippen molar-refractivity contribution in [2.75, 3.05) is 20.7 Å². The maximum absolute atomic E-state index is 11.4. The van der Waals surface area contributed by atoms with Crippen LogP contribution in [0.3, 0.4) is 0 Å². The summed E-state index contributed by atoms with van der Waals surface area (Å²) in [6, 6.07) is -0.0207. The van der Waals surface area contributed by atoms with Crippen LogP contribution in [-0.4, -0.2) is 43.5 Å². The van der Waals surface area contributed by atoms with Gasteiger partial charge in [0.25, 0.3) is 0 Å². The molecule has 1 amide bonds. The van der Waals surface area contributed by atoms with Crippen LogP contribution in [0.4, 0.5) is 0 Å². The van der Waals surface area contributed by atoms with Gasteiger partial charge in [0.05, 0.1) is 13.0 Å². The summed E-state index contributed by atoms with van der Waals surface area (Å²) in [6.07, 6.45) is 0.727. The number of carbonyl (C=O) groups excluding carboxylic acids is 2. The molecular weight excluding hydrogens is 172 g/mol. The normalized spacial score (nSPS) is 25.2. The van der Waals surface area contributed by atoms with E-state index in [-0.39, 0.29) is 24.4 Å². The lowest BCUT2D eigenvalue weighted by atomic mass is 10.3. The lowest BCUT2D eigenvalue weighted by molar-refractivity contribution is -0.146. The molecule has 2 N–H and O–H groups in total. The summed E-state index contributed by atoms with van der Waals surface area (Å²) >= 11 is 0. The molecule has 0 bridgehead atoms. The lowest BCUT2D eigenvalue weighted by Gasteiger charge is -2.14. The first-order valence-electron chi connectivity index (χ1n) is 4.13. The van der Waals surface area contributed by atoms with Crippen molar-refractivity contribution in [1.82, 2.24) is 4.90 Å². The van der Waals surface area contributed by atoms with Crippen molar-refractivity contribution in [3.63, 3.8) is 0 Å². The zero-order chi connectivity index (χ0) is 10.0. The van der Waals surface area contributed by atoms with E-state index in [1.807, 2.05) is 0 Å². The quantitative estimate of drug-likeness (QED) is 0.572. The third-order valence-corrected chi connectivity index (χ3v) is 2.13. The summed E-state index contributed by atoms with van der Waals surface area (Å²) in [6.45, 7) is -0.00144. The van der Waals surface area contributed by atoms with Gasteiger partial charge in [-0.05, 0) is 6.42 Å². The number of amides is 1. The highest BCUT2D eigenvalue weighted by Gasteiger charge is 2.41. The Morgan fingerprint density at radius 2 is 2.15 bits per heavy atom. The van der Waals surface area contributed by atoms with Gasteiger partial charge in [0, 0.05) is 13.1 Å². The highest BCUT2D eigenvalue weighted by Crippen LogP contribution is 2.29. The standard InChI is InChI=1S/C8H14N2O3/c1-10(4-7(11)13-2)8(12)5-3-6(5)9/h5-6H,3-4,9H2,1-2H3. The molecule has 1 aliphatic carbocycles. The average Bonchev–Trinajstić information content (AvgIpc) is 2.81. The highest BCUT2D eigenvalue weighted by molar-refractivity contribution is 5.85. The van der Waals surface area contributed by atoms with E-state index in [9.17, 15) is 9.59 Å². The second kappa shape index (κ2) is 3.74. The van der Waals surface area contributed by atoms with Crippen LogP contribution in [-0.2, 0) is 14.3 Å². The molecule has 0 aromatic carbocycles. The van der Waals surface area contributed by atoms with E-state index in [0.717, 1.165) is 6.42 Å². The summed E-state index contributed by atoms with van der Waals surface area (Å²) in [5.74, 6) is -0.572. The molecule has 0 spiro atoms. The van der Waals surface area contributed by atoms with Crippen LogP contribution in [0, 0.1) is 5.92 Å². The Labute approximate surface area is 76.8 Å². The average molecular weight is 186 g/mol. The fraction of sp³-hybridized carbons (Fsp3) is 0.750. The predicted molar refractivity (Wildman–Crippen MR) is 45.7 cm³/mol. The van der Waals surface area contributed by atoms with Gasteiger partial charge in [-0.2, -0.15) is 0 Å². The zero-order valence-corrected chi connectivity index (χ0v) is 7.82. The predicted octanol–water partition coefficient (Wildman–Crippen LogP) is -1.03. The molecule has 2 unspecified atom stereocenters. The molecule has 5 heteroatoms. The molecule has 0 heterocycles. The topological polar surface area (TPSA) is 72.6 Å². The molecule has 0 radical (unpaired) electrons. The van der Waals surface area contributed by atoms with Crippen LogP contribution in [0.25, 0.3) is 0 Å². The van der Waals surface area contributed by atoms with E-state index in [4.69, 9.17) is 5.73 Å². The molecule has 0 aromatic heterocycles. The molecule has 0 aromatic rings. The van der Waals surface area contributed by atoms with Gasteiger partial charge in [0.2, 0.25) is 5.91 Å². The summed E-state index contributed by atoms with van der Waals surface area (Å²) in [7, 11) is 2.87. The van der Waals surface area contributed by atoms with Crippen molar-refractivity contribution >= 4 is 11.9 Å². The van der Waals surface area contributed by atoms with Gasteiger partial charge in [-0.1, -0.05) is 0 Å². The number of carbonyl (C=O) groups is 2. The van der Waals surface area contributed by atoms with Crippen molar-refractivity contribution in [3.8, 4) is 0 Å². The number of nitrogens with two attached hydrogens (primary N) is 1. The molecule has 1 fully saturated rings. The van der Waals surface area contributed by atoms with Crippen LogP contribution >= 0.6 is 0 Å². The van der Waals surface area contributed by atoms with E-state index in [2.05, 4.69) is 4.74 Å². The first kappa shape index (κ1) is 9.98. The van der Waals surface area contributed by atoms with Gasteiger partial charge < -0.3 is 15.4 Å². The van der Waals surface area contributed by atoms with Crippen LogP contribution in [0.2, 0.25) is 0 Å². The first-order chi connectivity index (χ1) is 6.06. The molecule has 0 aliphatic heterocycles. The molecule has 74 valence electrons. The maximum atomic E-state index is 11.4. The fourth-order valence-electron chi connectivity index (χ4n) is 1.12. The van der Waals surface area contributed by atoms with Crippen LogP contribution < -0.4 is 5.73 Å². The van der Waals surface area contributed by atoms with E-state index in [0.29, 0.717) is 0 Å². The molecule has 13 heavy (non-hydrogen) atoms. The number of ether oxygens (including phenoxy) is 1. The number of esters is 1. The van der Waals surface area contributed by atoms with Crippen molar-refractivity contribution in [3.05, 3.63) is 0 Å². The minimum absolute atomic E-state index is 0.00144. The molecule has 2 atom stereocenters. The molecular formula is C8H14N2O3. The summed E-state index contributed by atoms with van der Waals surface area (Å²) in [5, 5.41) is 0. The smallest absolute Gasteiger partial charge is 0.325 e. The van der Waals surface area contributed by atoms with Crippen molar-refractivity contribution in [1.29, 1.82) is 0 Å². The minimum atomic E-state index is -0.412. The Morgan fingerprint density at radius 3 is 2.54 bits per heavy atom. The summed E-state index contributed by atoms with van der Waals surface area (Å²) < 4.78 is 4.43. The van der Waals surface area contributed by atoms with Crippen LogP contribution in [0.15, 0.2) is 0 Å². The minimum Gasteiger partial charge on any atom is -0.468 e. The van der Waals surface area contributed by atoms with E-state index < -0.39 is 5.97 Å². The summed E-state index contributed by atoms with van der Waals surface area (Å²) in [4.78, 5) is 23.6. The molecule has 1 rings (SSSR count). The van der Waals surface area contributed by atoms with Crippen molar-refractivity contribution in [2.24, 2.45) is 11.7 Å². The van der Waals surface area contributed by atoms with E-state index in [1.54, 1.807) is 7.05 Å². The number of methoxy groups -OCH3 is 1. The highest BCUT2D eigenvalue weighted by atomic mass is 16.5. The number of hydrogen-bond donors (Lipinski definition) is 1. The Bertz CT molecular complexity index is 229. The van der Waals surface area contributed by atoms with Crippen molar-refractivity contribution in [2.45, 2.75) is 12.5 Å². The number of likely N-dealkylation sites (N-methyl/N-ethyl adjacent to an activating group) is 1. The fourth-order valence-corrected chi connectivity index (χ4v) is 1.12. The Kier molecular flexibility index (Phi) is 2.87. The van der Waals surface area contributed by atoms with Crippen molar-refractivity contribution < 1.29 is 14.3 Å². The monoisotopic (exact) mass is 186 g/mol. The molecule has 1 aliphatic rings. The summed E-state index contributed by atoms with van der Waals surface area (Å²) in [5.41, 5.74) is 5.50. The zero-order valence-electron chi connectivity index (χ0n) is 7.82. The Hall–Kier alpha value is -1.10. The van der Waals surface area contributed by atoms with E-state index >= 15 is 0 Å². The largest absolute Gasteiger partial charge is 0.468 e. The van der Waals surface area contributed by atoms with Crippen LogP contribution in [0.5, 0.6) is 0 Å². The second-order valence-electron chi connectivity index (χ2n) is 3.28. The van der Waals surface area contributed by atoms with Crippen LogP contribution in [0.1, 0.15) is 6.42 Å². The number of hydrogen-bond acceptors (Lipinski definition) is 4. The Morgan fingerprint density at radius 1 is 1.62 bits per heavy atom. The maximum Gasteiger partial charge on any atom is 0.325 e. The van der Waals surface area contributed by atoms with Gasteiger partial charge in [-0.25, -0.2) is 0 Å². The van der Waals surface area contributed by atoms with Gasteiger partial charge in [0.15, 0.2) is 0 Å². The second-order valence-corrected chi connectivity index (χ2v) is 3.28. The van der Waals surface area contributed by atoms with Gasteiger partial charge in [-0.15, -0.1) is 0 Å². The van der Waals surface area contributed by atoms with Gasteiger partial charge >= 0.3 is 5.97 Å². The van der Waals surface area contributed by atoms with Gasteiger partial charge in [0.1, 0.15) is 6.54 Å². The molecule has 5 nitrogen and oxygen atoms in total. The number of nitrogens with zero attached hydrogens (tertiary/aromatic N) is 1. The van der Waals surface area contributed by atoms with Gasteiger partial charge in [-0.3, -0.25) is 9.59 Å². The lowest BCUT2D eigenvalue weighted by Crippen LogP contribution is -2.34.